The summed E-state index contributed by atoms with van der Waals surface area (Å²) in [6, 6.07) is 2.91. The van der Waals surface area contributed by atoms with Crippen LogP contribution in [0.5, 0.6) is 0 Å². The fraction of sp³-hybridized carbons (Fsp3) is 0.733. The molecular weight excluding hydrogens is 240 g/mol. The van der Waals surface area contributed by atoms with Crippen LogP contribution >= 0.6 is 11.3 Å². The first-order chi connectivity index (χ1) is 8.70. The molecule has 1 aliphatic rings. The average molecular weight is 266 g/mol. The van der Waals surface area contributed by atoms with Crippen molar-refractivity contribution in [2.24, 2.45) is 11.8 Å². The molecule has 0 amide bonds. The molecule has 18 heavy (non-hydrogen) atoms. The van der Waals surface area contributed by atoms with Crippen LogP contribution in [0.4, 0.5) is 5.69 Å². The summed E-state index contributed by atoms with van der Waals surface area (Å²) in [4.78, 5) is 2.57. The van der Waals surface area contributed by atoms with Crippen LogP contribution < -0.4 is 10.2 Å². The second-order valence-electron chi connectivity index (χ2n) is 5.78. The highest BCUT2D eigenvalue weighted by Crippen LogP contribution is 2.28. The molecule has 0 spiro atoms. The second kappa shape index (κ2) is 6.58. The predicted molar refractivity (Wildman–Crippen MR) is 81.6 cm³/mol. The van der Waals surface area contributed by atoms with Crippen LogP contribution in [0.1, 0.15) is 33.6 Å². The lowest BCUT2D eigenvalue weighted by molar-refractivity contribution is 0.273. The summed E-state index contributed by atoms with van der Waals surface area (Å²) in [6.45, 7) is 10.5. The van der Waals surface area contributed by atoms with Crippen molar-refractivity contribution in [1.29, 1.82) is 0 Å². The van der Waals surface area contributed by atoms with Gasteiger partial charge in [-0.15, -0.1) is 0 Å². The molecule has 1 saturated heterocycles. The lowest BCUT2D eigenvalue weighted by Crippen LogP contribution is -2.50. The second-order valence-corrected chi connectivity index (χ2v) is 6.56. The molecule has 1 fully saturated rings. The molecule has 2 unspecified atom stereocenters. The third-order valence-corrected chi connectivity index (χ3v) is 4.65. The highest BCUT2D eigenvalue weighted by atomic mass is 32.1. The Balaban J connectivity index is 2.02. The number of anilines is 1. The fourth-order valence-electron chi connectivity index (χ4n) is 2.77. The zero-order chi connectivity index (χ0) is 13.0. The van der Waals surface area contributed by atoms with E-state index >= 15 is 0 Å². The van der Waals surface area contributed by atoms with Crippen molar-refractivity contribution in [2.45, 2.75) is 39.7 Å². The van der Waals surface area contributed by atoms with E-state index in [-0.39, 0.29) is 0 Å². The normalized spacial score (nSPS) is 24.8. The van der Waals surface area contributed by atoms with E-state index in [2.05, 4.69) is 47.8 Å². The van der Waals surface area contributed by atoms with Gasteiger partial charge < -0.3 is 10.2 Å². The Morgan fingerprint density at radius 3 is 2.89 bits per heavy atom. The van der Waals surface area contributed by atoms with E-state index in [1.165, 1.54) is 31.6 Å². The van der Waals surface area contributed by atoms with Gasteiger partial charge in [-0.1, -0.05) is 20.8 Å². The Morgan fingerprint density at radius 2 is 2.28 bits per heavy atom. The highest BCUT2D eigenvalue weighted by Gasteiger charge is 2.28. The fourth-order valence-corrected chi connectivity index (χ4v) is 3.43. The third kappa shape index (κ3) is 3.48. The molecule has 1 aromatic rings. The summed E-state index contributed by atoms with van der Waals surface area (Å²) in [6.07, 6.45) is 2.56. The molecule has 0 saturated carbocycles. The molecule has 3 heteroatoms. The van der Waals surface area contributed by atoms with Gasteiger partial charge in [-0.25, -0.2) is 0 Å². The van der Waals surface area contributed by atoms with E-state index in [4.69, 9.17) is 0 Å². The first kappa shape index (κ1) is 13.9. The van der Waals surface area contributed by atoms with E-state index in [0.29, 0.717) is 6.04 Å². The Hall–Kier alpha value is -0.540. The van der Waals surface area contributed by atoms with Crippen molar-refractivity contribution in [1.82, 2.24) is 5.32 Å². The van der Waals surface area contributed by atoms with Gasteiger partial charge >= 0.3 is 0 Å². The van der Waals surface area contributed by atoms with Gasteiger partial charge in [0.15, 0.2) is 0 Å². The Bertz CT molecular complexity index is 334. The van der Waals surface area contributed by atoms with Crippen molar-refractivity contribution < 1.29 is 0 Å². The molecule has 2 heterocycles. The van der Waals surface area contributed by atoms with Gasteiger partial charge in [0.2, 0.25) is 0 Å². The summed E-state index contributed by atoms with van der Waals surface area (Å²) in [5.74, 6) is 1.59. The van der Waals surface area contributed by atoms with Gasteiger partial charge in [-0.3, -0.25) is 0 Å². The van der Waals surface area contributed by atoms with Crippen LogP contribution in [0, 0.1) is 11.8 Å². The molecule has 2 atom stereocenters. The van der Waals surface area contributed by atoms with E-state index in [1.807, 2.05) is 0 Å². The zero-order valence-corrected chi connectivity index (χ0v) is 12.7. The minimum absolute atomic E-state index is 0.658. The van der Waals surface area contributed by atoms with Crippen molar-refractivity contribution in [3.05, 3.63) is 16.8 Å². The first-order valence-electron chi connectivity index (χ1n) is 7.21. The maximum Gasteiger partial charge on any atom is 0.0475 e. The topological polar surface area (TPSA) is 15.3 Å². The van der Waals surface area contributed by atoms with Crippen LogP contribution in [-0.2, 0) is 0 Å². The minimum atomic E-state index is 0.658. The molecular formula is C15H26N2S. The van der Waals surface area contributed by atoms with Crippen LogP contribution in [0.2, 0.25) is 0 Å². The Kier molecular flexibility index (Phi) is 5.07. The third-order valence-electron chi connectivity index (χ3n) is 3.98. The molecule has 0 aliphatic carbocycles. The van der Waals surface area contributed by atoms with Gasteiger partial charge in [0.25, 0.3) is 0 Å². The quantitative estimate of drug-likeness (QED) is 0.876. The molecule has 2 rings (SSSR count). The number of hydrogen-bond donors (Lipinski definition) is 1. The van der Waals surface area contributed by atoms with Crippen LogP contribution in [0.25, 0.3) is 0 Å². The van der Waals surface area contributed by atoms with E-state index in [9.17, 15) is 0 Å². The van der Waals surface area contributed by atoms with Gasteiger partial charge in [-0.2, -0.15) is 11.3 Å². The van der Waals surface area contributed by atoms with Crippen molar-refractivity contribution >= 4 is 17.0 Å². The predicted octanol–water partition coefficient (Wildman–Crippen LogP) is 3.60. The molecule has 1 N–H and O–H groups in total. The number of nitrogens with zero attached hydrogens (tertiary/aromatic N) is 1. The van der Waals surface area contributed by atoms with Crippen molar-refractivity contribution in [3.8, 4) is 0 Å². The number of thiophene rings is 1. The number of rotatable bonds is 5. The van der Waals surface area contributed by atoms with Crippen LogP contribution in [0.15, 0.2) is 16.8 Å². The summed E-state index contributed by atoms with van der Waals surface area (Å²) < 4.78 is 0. The van der Waals surface area contributed by atoms with Gasteiger partial charge in [0.05, 0.1) is 0 Å². The lowest BCUT2D eigenvalue weighted by Gasteiger charge is -2.40. The summed E-state index contributed by atoms with van der Waals surface area (Å²) in [5, 5.41) is 8.17. The Morgan fingerprint density at radius 1 is 1.44 bits per heavy atom. The molecule has 102 valence electrons. The highest BCUT2D eigenvalue weighted by molar-refractivity contribution is 7.08. The van der Waals surface area contributed by atoms with E-state index < -0.39 is 0 Å². The van der Waals surface area contributed by atoms with E-state index in [1.54, 1.807) is 11.3 Å². The summed E-state index contributed by atoms with van der Waals surface area (Å²) in [7, 11) is 0. The average Bonchev–Trinajstić information content (AvgIpc) is 2.89. The molecule has 0 radical (unpaired) electrons. The maximum atomic E-state index is 3.71. The largest absolute Gasteiger partial charge is 0.369 e. The summed E-state index contributed by atoms with van der Waals surface area (Å²) in [5.41, 5.74) is 1.41. The van der Waals surface area contributed by atoms with Crippen LogP contribution in [-0.4, -0.2) is 25.7 Å². The molecule has 0 bridgehead atoms. The van der Waals surface area contributed by atoms with Crippen molar-refractivity contribution in [2.75, 3.05) is 24.5 Å². The smallest absolute Gasteiger partial charge is 0.0475 e. The molecule has 0 aromatic carbocycles. The Labute approximate surface area is 115 Å². The molecule has 2 nitrogen and oxygen atoms in total. The monoisotopic (exact) mass is 266 g/mol. The molecule has 1 aliphatic heterocycles. The minimum Gasteiger partial charge on any atom is -0.369 e. The number of nitrogens with one attached hydrogen (secondary N) is 1. The van der Waals surface area contributed by atoms with Gasteiger partial charge in [0, 0.05) is 30.2 Å². The van der Waals surface area contributed by atoms with Crippen LogP contribution in [0.3, 0.4) is 0 Å². The number of hydrogen-bond acceptors (Lipinski definition) is 3. The van der Waals surface area contributed by atoms with E-state index in [0.717, 1.165) is 18.4 Å². The molecule has 1 aromatic heterocycles. The van der Waals surface area contributed by atoms with Gasteiger partial charge in [-0.05, 0) is 42.7 Å². The summed E-state index contributed by atoms with van der Waals surface area (Å²) >= 11 is 1.80. The zero-order valence-electron chi connectivity index (χ0n) is 11.9. The number of piperidine rings is 1. The van der Waals surface area contributed by atoms with Gasteiger partial charge in [0.1, 0.15) is 0 Å². The van der Waals surface area contributed by atoms with Crippen molar-refractivity contribution in [3.63, 3.8) is 0 Å². The first-order valence-corrected chi connectivity index (χ1v) is 8.15. The SMILES string of the molecule is CCCNC1CC(C(C)C)CN(c2ccsc2)C1. The lowest BCUT2D eigenvalue weighted by atomic mass is 9.85. The maximum absolute atomic E-state index is 3.71. The standard InChI is InChI=1S/C15H26N2S/c1-4-6-16-14-8-13(12(2)3)9-17(10-14)15-5-7-18-11-15/h5,7,11-14,16H,4,6,8-10H2,1-3H3.